The van der Waals surface area contributed by atoms with Crippen molar-refractivity contribution in [3.05, 3.63) is 71.0 Å². The molecule has 0 unspecified atom stereocenters. The predicted octanol–water partition coefficient (Wildman–Crippen LogP) is 5.27. The molecule has 3 rings (SSSR count). The summed E-state index contributed by atoms with van der Waals surface area (Å²) in [6.07, 6.45) is 1.67. The Morgan fingerprint density at radius 1 is 1.31 bits per heavy atom. The van der Waals surface area contributed by atoms with Gasteiger partial charge in [0.1, 0.15) is 5.82 Å². The van der Waals surface area contributed by atoms with Crippen LogP contribution in [-0.2, 0) is 11.3 Å². The normalized spacial score (nSPS) is 10.8. The first-order valence-electron chi connectivity index (χ1n) is 8.89. The minimum absolute atomic E-state index is 0.107. The van der Waals surface area contributed by atoms with E-state index in [9.17, 15) is 9.18 Å². The molecule has 0 atom stereocenters. The van der Waals surface area contributed by atoms with E-state index in [2.05, 4.69) is 22.1 Å². The van der Waals surface area contributed by atoms with Gasteiger partial charge in [-0.05, 0) is 43.2 Å². The summed E-state index contributed by atoms with van der Waals surface area (Å²) in [6, 6.07) is 10.1. The molecule has 0 saturated carbocycles. The number of aryl methyl sites for hydroxylation is 2. The summed E-state index contributed by atoms with van der Waals surface area (Å²) in [5.41, 5.74) is 2.87. The Bertz CT molecular complexity index is 1040. The molecule has 1 heterocycles. The van der Waals surface area contributed by atoms with Crippen LogP contribution in [-0.4, -0.2) is 26.4 Å². The van der Waals surface area contributed by atoms with Crippen molar-refractivity contribution in [2.75, 3.05) is 11.1 Å². The maximum atomic E-state index is 14.2. The quantitative estimate of drug-likeness (QED) is 0.409. The van der Waals surface area contributed by atoms with Crippen LogP contribution in [0.4, 0.5) is 10.1 Å². The highest BCUT2D eigenvalue weighted by Crippen LogP contribution is 2.29. The zero-order valence-electron chi connectivity index (χ0n) is 16.1. The summed E-state index contributed by atoms with van der Waals surface area (Å²) in [7, 11) is 0. The van der Waals surface area contributed by atoms with E-state index in [0.29, 0.717) is 33.8 Å². The van der Waals surface area contributed by atoms with Crippen LogP contribution in [0.5, 0.6) is 0 Å². The number of aromatic nitrogens is 3. The summed E-state index contributed by atoms with van der Waals surface area (Å²) >= 11 is 7.47. The topological polar surface area (TPSA) is 59.8 Å². The van der Waals surface area contributed by atoms with Crippen molar-refractivity contribution in [3.63, 3.8) is 0 Å². The van der Waals surface area contributed by atoms with Crippen molar-refractivity contribution in [1.29, 1.82) is 0 Å². The van der Waals surface area contributed by atoms with Gasteiger partial charge in [0.25, 0.3) is 0 Å². The SMILES string of the molecule is C=CCn1c(SCC(=O)Nc2c(C)cc(C)cc2Cl)nnc1-c1ccccc1F. The van der Waals surface area contributed by atoms with E-state index in [1.165, 1.54) is 17.8 Å². The van der Waals surface area contributed by atoms with E-state index in [-0.39, 0.29) is 17.5 Å². The number of anilines is 1. The maximum Gasteiger partial charge on any atom is 0.234 e. The lowest BCUT2D eigenvalue weighted by atomic mass is 10.1. The number of hydrogen-bond acceptors (Lipinski definition) is 4. The van der Waals surface area contributed by atoms with Crippen molar-refractivity contribution in [2.24, 2.45) is 0 Å². The van der Waals surface area contributed by atoms with Gasteiger partial charge in [-0.2, -0.15) is 0 Å². The third kappa shape index (κ3) is 4.86. The molecule has 0 aliphatic heterocycles. The van der Waals surface area contributed by atoms with Gasteiger partial charge >= 0.3 is 0 Å². The maximum absolute atomic E-state index is 14.2. The van der Waals surface area contributed by atoms with Gasteiger partial charge < -0.3 is 5.32 Å². The molecule has 2 aromatic carbocycles. The Morgan fingerprint density at radius 3 is 2.76 bits per heavy atom. The number of carbonyl (C=O) groups is 1. The molecule has 0 aliphatic carbocycles. The number of amides is 1. The van der Waals surface area contributed by atoms with Crippen LogP contribution < -0.4 is 5.32 Å². The van der Waals surface area contributed by atoms with Crippen LogP contribution >= 0.6 is 23.4 Å². The molecular formula is C21H20ClFN4OS. The molecule has 1 amide bonds. The van der Waals surface area contributed by atoms with E-state index in [4.69, 9.17) is 11.6 Å². The Labute approximate surface area is 178 Å². The van der Waals surface area contributed by atoms with Crippen LogP contribution in [0, 0.1) is 19.7 Å². The zero-order chi connectivity index (χ0) is 21.0. The summed E-state index contributed by atoms with van der Waals surface area (Å²) in [6.45, 7) is 7.97. The number of thioether (sulfide) groups is 1. The second kappa shape index (κ2) is 9.24. The third-order valence-electron chi connectivity index (χ3n) is 4.17. The van der Waals surface area contributed by atoms with Gasteiger partial charge in [0.2, 0.25) is 5.91 Å². The van der Waals surface area contributed by atoms with Gasteiger partial charge in [-0.1, -0.05) is 47.6 Å². The average molecular weight is 431 g/mol. The average Bonchev–Trinajstić information content (AvgIpc) is 3.06. The van der Waals surface area contributed by atoms with Gasteiger partial charge in [-0.3, -0.25) is 9.36 Å². The molecule has 0 fully saturated rings. The molecule has 0 saturated heterocycles. The monoisotopic (exact) mass is 430 g/mol. The summed E-state index contributed by atoms with van der Waals surface area (Å²) in [5.74, 6) is -0.104. The van der Waals surface area contributed by atoms with Crippen molar-refractivity contribution < 1.29 is 9.18 Å². The van der Waals surface area contributed by atoms with Gasteiger partial charge in [0.05, 0.1) is 22.0 Å². The van der Waals surface area contributed by atoms with Crippen LogP contribution in [0.3, 0.4) is 0 Å². The lowest BCUT2D eigenvalue weighted by Crippen LogP contribution is -2.16. The van der Waals surface area contributed by atoms with Crippen LogP contribution in [0.25, 0.3) is 11.4 Å². The molecule has 150 valence electrons. The number of rotatable bonds is 7. The fourth-order valence-corrected chi connectivity index (χ4v) is 4.03. The highest BCUT2D eigenvalue weighted by atomic mass is 35.5. The lowest BCUT2D eigenvalue weighted by Gasteiger charge is -2.12. The van der Waals surface area contributed by atoms with Crippen molar-refractivity contribution in [3.8, 4) is 11.4 Å². The van der Waals surface area contributed by atoms with Crippen molar-refractivity contribution in [1.82, 2.24) is 14.8 Å². The molecule has 8 heteroatoms. The van der Waals surface area contributed by atoms with Crippen molar-refractivity contribution >= 4 is 35.0 Å². The fourth-order valence-electron chi connectivity index (χ4n) is 2.91. The van der Waals surface area contributed by atoms with Gasteiger partial charge in [0, 0.05) is 6.54 Å². The molecule has 1 N–H and O–H groups in total. The highest BCUT2D eigenvalue weighted by molar-refractivity contribution is 7.99. The Kier molecular flexibility index (Phi) is 6.71. The van der Waals surface area contributed by atoms with Crippen LogP contribution in [0.2, 0.25) is 5.02 Å². The van der Waals surface area contributed by atoms with Gasteiger partial charge in [-0.25, -0.2) is 4.39 Å². The lowest BCUT2D eigenvalue weighted by molar-refractivity contribution is -0.113. The largest absolute Gasteiger partial charge is 0.324 e. The first-order valence-corrected chi connectivity index (χ1v) is 10.3. The number of halogens is 2. The first kappa shape index (κ1) is 21.1. The second-order valence-electron chi connectivity index (χ2n) is 6.46. The van der Waals surface area contributed by atoms with E-state index in [1.54, 1.807) is 34.9 Å². The molecule has 0 bridgehead atoms. The number of nitrogens with one attached hydrogen (secondary N) is 1. The summed E-state index contributed by atoms with van der Waals surface area (Å²) < 4.78 is 15.9. The number of benzene rings is 2. The fraction of sp³-hybridized carbons (Fsp3) is 0.190. The molecule has 5 nitrogen and oxygen atoms in total. The summed E-state index contributed by atoms with van der Waals surface area (Å²) in [5, 5.41) is 12.1. The highest BCUT2D eigenvalue weighted by Gasteiger charge is 2.18. The predicted molar refractivity (Wildman–Crippen MR) is 116 cm³/mol. The second-order valence-corrected chi connectivity index (χ2v) is 7.81. The molecule has 29 heavy (non-hydrogen) atoms. The third-order valence-corrected chi connectivity index (χ3v) is 5.44. The van der Waals surface area contributed by atoms with Crippen LogP contribution in [0.15, 0.2) is 54.2 Å². The minimum atomic E-state index is -0.385. The standard InChI is InChI=1S/C21H20ClFN4OS/c1-4-9-27-20(15-7-5-6-8-17(15)23)25-26-21(27)29-12-18(28)24-19-14(3)10-13(2)11-16(19)22/h4-8,10-11H,1,9,12H2,2-3H3,(H,24,28). The van der Waals surface area contributed by atoms with E-state index in [1.807, 2.05) is 19.9 Å². The van der Waals surface area contributed by atoms with Crippen molar-refractivity contribution in [2.45, 2.75) is 25.5 Å². The molecule has 0 spiro atoms. The molecular weight excluding hydrogens is 411 g/mol. The van der Waals surface area contributed by atoms with Crippen LogP contribution in [0.1, 0.15) is 11.1 Å². The van der Waals surface area contributed by atoms with E-state index in [0.717, 1.165) is 11.1 Å². The molecule has 3 aromatic rings. The number of nitrogens with zero attached hydrogens (tertiary/aromatic N) is 3. The number of carbonyl (C=O) groups excluding carboxylic acids is 1. The Balaban J connectivity index is 1.76. The van der Waals surface area contributed by atoms with Gasteiger partial charge in [0.15, 0.2) is 11.0 Å². The van der Waals surface area contributed by atoms with Gasteiger partial charge in [-0.15, -0.1) is 16.8 Å². The summed E-state index contributed by atoms with van der Waals surface area (Å²) in [4.78, 5) is 12.4. The number of allylic oxidation sites excluding steroid dienone is 1. The smallest absolute Gasteiger partial charge is 0.234 e. The zero-order valence-corrected chi connectivity index (χ0v) is 17.6. The Morgan fingerprint density at radius 2 is 2.07 bits per heavy atom. The van der Waals surface area contributed by atoms with E-state index < -0.39 is 0 Å². The molecule has 0 radical (unpaired) electrons. The first-order chi connectivity index (χ1) is 13.9. The minimum Gasteiger partial charge on any atom is -0.324 e. The van der Waals surface area contributed by atoms with E-state index >= 15 is 0 Å². The Hall–Kier alpha value is -2.64. The molecule has 1 aromatic heterocycles. The number of hydrogen-bond donors (Lipinski definition) is 1. The molecule has 0 aliphatic rings.